The van der Waals surface area contributed by atoms with E-state index in [0.717, 1.165) is 39.9 Å². The Morgan fingerprint density at radius 2 is 1.79 bits per heavy atom. The quantitative estimate of drug-likeness (QED) is 0.416. The van der Waals surface area contributed by atoms with Crippen molar-refractivity contribution in [3.63, 3.8) is 0 Å². The van der Waals surface area contributed by atoms with Gasteiger partial charge in [-0.05, 0) is 57.4 Å². The van der Waals surface area contributed by atoms with Gasteiger partial charge in [0, 0.05) is 23.5 Å². The van der Waals surface area contributed by atoms with E-state index in [1.807, 2.05) is 60.1 Å². The maximum Gasteiger partial charge on any atom is 0.163 e. The molecule has 0 spiro atoms. The van der Waals surface area contributed by atoms with Crippen molar-refractivity contribution < 1.29 is 9.47 Å². The Kier molecular flexibility index (Phi) is 4.48. The van der Waals surface area contributed by atoms with E-state index in [4.69, 9.17) is 19.6 Å². The molecule has 3 aliphatic rings. The maximum atomic E-state index is 5.93. The molecule has 1 aliphatic heterocycles. The standard InChI is InChI=1S/C25H29N7O2/c1-25(2)33-15-20(34-25)13-30-11-18(9-27-30)21-14-31-22(7-8-26-31)23(29-21)19-10-28-32(12-19)24(16-3-4-16)17-5-6-17/h7-12,14,16-17,20,24H,3-6,13,15H2,1-2H3/t20-/m1/s1. The minimum absolute atomic E-state index is 0.0171. The number of hydrogen-bond acceptors (Lipinski definition) is 6. The van der Waals surface area contributed by atoms with Crippen LogP contribution in [0.3, 0.4) is 0 Å². The van der Waals surface area contributed by atoms with Gasteiger partial charge in [-0.25, -0.2) is 9.50 Å². The summed E-state index contributed by atoms with van der Waals surface area (Å²) in [5.41, 5.74) is 4.68. The van der Waals surface area contributed by atoms with E-state index in [2.05, 4.69) is 21.1 Å². The Balaban J connectivity index is 1.20. The molecule has 0 radical (unpaired) electrons. The van der Waals surface area contributed by atoms with Gasteiger partial charge in [0.15, 0.2) is 5.79 Å². The van der Waals surface area contributed by atoms with Crippen LogP contribution >= 0.6 is 0 Å². The van der Waals surface area contributed by atoms with E-state index < -0.39 is 5.79 Å². The topological polar surface area (TPSA) is 84.3 Å². The maximum absolute atomic E-state index is 5.93. The number of ether oxygens (including phenoxy) is 2. The van der Waals surface area contributed by atoms with E-state index in [1.54, 1.807) is 0 Å². The molecule has 0 bridgehead atoms. The van der Waals surface area contributed by atoms with Crippen LogP contribution in [-0.4, -0.2) is 52.7 Å². The number of fused-ring (bicyclic) bond motifs is 1. The first kappa shape index (κ1) is 20.3. The predicted molar refractivity (Wildman–Crippen MR) is 125 cm³/mol. The molecule has 1 atom stereocenters. The fourth-order valence-electron chi connectivity index (χ4n) is 5.25. The summed E-state index contributed by atoms with van der Waals surface area (Å²) >= 11 is 0. The highest BCUT2D eigenvalue weighted by molar-refractivity contribution is 5.78. The first-order valence-corrected chi connectivity index (χ1v) is 12.3. The Morgan fingerprint density at radius 1 is 1.00 bits per heavy atom. The SMILES string of the molecule is CC1(C)OC[C@@H](Cn2cc(-c3cn4nccc4c(-c4cnn(C(C5CC5)C5CC5)c4)n3)cn2)O1. The first-order valence-electron chi connectivity index (χ1n) is 12.3. The van der Waals surface area contributed by atoms with Crippen LogP contribution in [0, 0.1) is 11.8 Å². The minimum Gasteiger partial charge on any atom is -0.348 e. The molecule has 0 amide bonds. The molecule has 34 heavy (non-hydrogen) atoms. The van der Waals surface area contributed by atoms with Gasteiger partial charge in [0.1, 0.15) is 6.10 Å². The van der Waals surface area contributed by atoms with Crippen molar-refractivity contribution in [3.05, 3.63) is 43.2 Å². The third-order valence-electron chi connectivity index (χ3n) is 7.17. The smallest absolute Gasteiger partial charge is 0.163 e. The van der Waals surface area contributed by atoms with Crippen molar-refractivity contribution >= 4 is 5.52 Å². The molecule has 7 rings (SSSR count). The molecule has 2 aliphatic carbocycles. The molecule has 9 heteroatoms. The lowest BCUT2D eigenvalue weighted by molar-refractivity contribution is -0.139. The average Bonchev–Trinajstić information content (AvgIpc) is 3.60. The number of rotatable bonds is 7. The summed E-state index contributed by atoms with van der Waals surface area (Å²) in [4.78, 5) is 5.05. The van der Waals surface area contributed by atoms with Crippen LogP contribution in [0.4, 0.5) is 0 Å². The largest absolute Gasteiger partial charge is 0.348 e. The highest BCUT2D eigenvalue weighted by Gasteiger charge is 2.43. The number of aromatic nitrogens is 7. The Bertz CT molecular complexity index is 1330. The van der Waals surface area contributed by atoms with Gasteiger partial charge >= 0.3 is 0 Å². The normalized spacial score (nSPS) is 22.3. The van der Waals surface area contributed by atoms with E-state index >= 15 is 0 Å². The highest BCUT2D eigenvalue weighted by atomic mass is 16.7. The predicted octanol–water partition coefficient (Wildman–Crippen LogP) is 3.97. The van der Waals surface area contributed by atoms with Gasteiger partial charge in [-0.3, -0.25) is 9.36 Å². The van der Waals surface area contributed by atoms with Gasteiger partial charge in [-0.2, -0.15) is 15.3 Å². The van der Waals surface area contributed by atoms with Crippen molar-refractivity contribution in [2.45, 2.75) is 64.0 Å². The van der Waals surface area contributed by atoms with E-state index in [0.29, 0.717) is 19.2 Å². The van der Waals surface area contributed by atoms with Gasteiger partial charge in [0.2, 0.25) is 0 Å². The molecule has 1 saturated heterocycles. The van der Waals surface area contributed by atoms with E-state index in [1.165, 1.54) is 25.7 Å². The molecule has 2 saturated carbocycles. The summed E-state index contributed by atoms with van der Waals surface area (Å²) in [6, 6.07) is 2.55. The molecule has 3 fully saturated rings. The molecule has 0 unspecified atom stereocenters. The molecule has 9 nitrogen and oxygen atoms in total. The van der Waals surface area contributed by atoms with Crippen LogP contribution in [0.2, 0.25) is 0 Å². The van der Waals surface area contributed by atoms with Crippen LogP contribution in [0.15, 0.2) is 43.2 Å². The summed E-state index contributed by atoms with van der Waals surface area (Å²) in [6.45, 7) is 5.07. The van der Waals surface area contributed by atoms with Crippen LogP contribution in [-0.2, 0) is 16.0 Å². The first-order chi connectivity index (χ1) is 16.5. The second kappa shape index (κ2) is 7.48. The molecule has 5 heterocycles. The Morgan fingerprint density at radius 3 is 2.53 bits per heavy atom. The Hall–Kier alpha value is -3.04. The Labute approximate surface area is 197 Å². The molecule has 4 aromatic rings. The van der Waals surface area contributed by atoms with Crippen molar-refractivity contribution in [3.8, 4) is 22.5 Å². The fraction of sp³-hybridized carbons (Fsp3) is 0.520. The van der Waals surface area contributed by atoms with Crippen LogP contribution in [0.1, 0.15) is 45.6 Å². The highest BCUT2D eigenvalue weighted by Crippen LogP contribution is 2.52. The van der Waals surface area contributed by atoms with Crippen molar-refractivity contribution in [2.75, 3.05) is 6.61 Å². The lowest BCUT2D eigenvalue weighted by Crippen LogP contribution is -2.24. The van der Waals surface area contributed by atoms with Gasteiger partial charge in [0.25, 0.3) is 0 Å². The summed E-state index contributed by atoms with van der Waals surface area (Å²) in [5, 5.41) is 13.8. The number of nitrogens with zero attached hydrogens (tertiary/aromatic N) is 7. The van der Waals surface area contributed by atoms with Crippen LogP contribution in [0.25, 0.3) is 28.0 Å². The summed E-state index contributed by atoms with van der Waals surface area (Å²) in [5.74, 6) is 1.05. The minimum atomic E-state index is -0.537. The zero-order valence-electron chi connectivity index (χ0n) is 19.5. The summed E-state index contributed by atoms with van der Waals surface area (Å²) in [7, 11) is 0. The molecular weight excluding hydrogens is 430 g/mol. The van der Waals surface area contributed by atoms with E-state index in [9.17, 15) is 0 Å². The van der Waals surface area contributed by atoms with Gasteiger partial charge in [0.05, 0.1) is 60.9 Å². The zero-order chi connectivity index (χ0) is 22.9. The van der Waals surface area contributed by atoms with Gasteiger partial charge < -0.3 is 9.47 Å². The monoisotopic (exact) mass is 459 g/mol. The third kappa shape index (κ3) is 3.73. The van der Waals surface area contributed by atoms with Crippen LogP contribution < -0.4 is 0 Å². The van der Waals surface area contributed by atoms with Crippen molar-refractivity contribution in [1.82, 2.24) is 34.2 Å². The number of hydrogen-bond donors (Lipinski definition) is 0. The summed E-state index contributed by atoms with van der Waals surface area (Å²) < 4.78 is 17.6. The molecule has 0 aromatic carbocycles. The molecule has 0 N–H and O–H groups in total. The summed E-state index contributed by atoms with van der Waals surface area (Å²) in [6.07, 6.45) is 17.1. The molecule has 4 aromatic heterocycles. The zero-order valence-corrected chi connectivity index (χ0v) is 19.5. The van der Waals surface area contributed by atoms with Crippen LogP contribution in [0.5, 0.6) is 0 Å². The van der Waals surface area contributed by atoms with Crippen molar-refractivity contribution in [2.24, 2.45) is 11.8 Å². The van der Waals surface area contributed by atoms with Gasteiger partial charge in [-0.1, -0.05) is 0 Å². The average molecular weight is 460 g/mol. The fourth-order valence-corrected chi connectivity index (χ4v) is 5.25. The second-order valence-electron chi connectivity index (χ2n) is 10.4. The molecular formula is C25H29N7O2. The third-order valence-corrected chi connectivity index (χ3v) is 7.17. The van der Waals surface area contributed by atoms with Crippen molar-refractivity contribution in [1.29, 1.82) is 0 Å². The lowest BCUT2D eigenvalue weighted by atomic mass is 10.1. The van der Waals surface area contributed by atoms with Gasteiger partial charge in [-0.15, -0.1) is 0 Å². The molecule has 176 valence electrons. The second-order valence-corrected chi connectivity index (χ2v) is 10.4. The lowest BCUT2D eigenvalue weighted by Gasteiger charge is -2.16. The van der Waals surface area contributed by atoms with E-state index in [-0.39, 0.29) is 6.10 Å².